The van der Waals surface area contributed by atoms with E-state index in [4.69, 9.17) is 9.47 Å². The van der Waals surface area contributed by atoms with Crippen LogP contribution in [-0.2, 0) is 26.1 Å². The van der Waals surface area contributed by atoms with Gasteiger partial charge in [0.2, 0.25) is 0 Å². The number of aryl methyl sites for hydroxylation is 1. The molecule has 0 radical (unpaired) electrons. The summed E-state index contributed by atoms with van der Waals surface area (Å²) in [7, 11) is 3.27. The molecule has 0 bridgehead atoms. The number of benzene rings is 2. The molecular formula is C23H26FN3O4S. The average Bonchev–Trinajstić information content (AvgIpc) is 3.05. The second-order valence-electron chi connectivity index (χ2n) is 7.81. The molecule has 0 N–H and O–H groups in total. The summed E-state index contributed by atoms with van der Waals surface area (Å²) in [6.45, 7) is 3.10. The van der Waals surface area contributed by atoms with Crippen LogP contribution in [-0.4, -0.2) is 40.7 Å². The van der Waals surface area contributed by atoms with Crippen molar-refractivity contribution in [3.63, 3.8) is 0 Å². The van der Waals surface area contributed by atoms with Crippen molar-refractivity contribution in [2.75, 3.05) is 27.3 Å². The molecule has 4 rings (SSSR count). The minimum Gasteiger partial charge on any atom is -0.493 e. The summed E-state index contributed by atoms with van der Waals surface area (Å²) < 4.78 is 26.9. The number of methoxy groups -OCH3 is 2. The second kappa shape index (κ2) is 9.70. The molecule has 0 saturated heterocycles. The Labute approximate surface area is 189 Å². The lowest BCUT2D eigenvalue weighted by Gasteiger charge is -2.29. The fourth-order valence-corrected chi connectivity index (χ4v) is 4.88. The SMILES string of the molecule is COc1cc2c(cc1OC)CN(CCCn1sc(=O)n(Cc3cccc(F)c3)c1=O)CC2. The number of nitrogens with zero attached hydrogens (tertiary/aromatic N) is 3. The van der Waals surface area contributed by atoms with E-state index in [0.29, 0.717) is 12.1 Å². The molecule has 3 aromatic rings. The van der Waals surface area contributed by atoms with Crippen LogP contribution < -0.4 is 20.0 Å². The lowest BCUT2D eigenvalue weighted by molar-refractivity contribution is 0.245. The average molecular weight is 460 g/mol. The molecule has 0 saturated carbocycles. The van der Waals surface area contributed by atoms with Crippen molar-refractivity contribution in [2.24, 2.45) is 0 Å². The van der Waals surface area contributed by atoms with Gasteiger partial charge in [0.15, 0.2) is 11.5 Å². The second-order valence-corrected chi connectivity index (χ2v) is 8.79. The molecule has 0 unspecified atom stereocenters. The van der Waals surface area contributed by atoms with Gasteiger partial charge in [0.05, 0.1) is 20.8 Å². The number of fused-ring (bicyclic) bond motifs is 1. The highest BCUT2D eigenvalue weighted by molar-refractivity contribution is 7.03. The van der Waals surface area contributed by atoms with Crippen LogP contribution in [0.3, 0.4) is 0 Å². The lowest BCUT2D eigenvalue weighted by atomic mass is 9.98. The molecule has 0 atom stereocenters. The molecule has 1 aromatic heterocycles. The Morgan fingerprint density at radius 1 is 1.03 bits per heavy atom. The van der Waals surface area contributed by atoms with Crippen molar-refractivity contribution in [3.8, 4) is 11.5 Å². The van der Waals surface area contributed by atoms with Gasteiger partial charge in [-0.3, -0.25) is 9.69 Å². The minimum atomic E-state index is -0.384. The minimum absolute atomic E-state index is 0.0765. The predicted molar refractivity (Wildman–Crippen MR) is 121 cm³/mol. The first-order valence-corrected chi connectivity index (χ1v) is 11.3. The van der Waals surface area contributed by atoms with Crippen molar-refractivity contribution in [1.29, 1.82) is 0 Å². The summed E-state index contributed by atoms with van der Waals surface area (Å²) in [5, 5.41) is 0. The molecule has 1 aliphatic heterocycles. The Hall–Kier alpha value is -2.91. The van der Waals surface area contributed by atoms with Crippen LogP contribution in [0.15, 0.2) is 46.0 Å². The standard InChI is InChI=1S/C23H26FN3O4S/c1-30-20-12-17-7-10-25(15-18(17)13-21(20)31-2)8-4-9-27-22(28)26(23(29)32-27)14-16-5-3-6-19(24)11-16/h3,5-6,11-13H,4,7-10,14-15H2,1-2H3. The van der Waals surface area contributed by atoms with Crippen molar-refractivity contribution >= 4 is 11.5 Å². The number of ether oxygens (including phenoxy) is 2. The Kier molecular flexibility index (Phi) is 6.76. The first-order chi connectivity index (χ1) is 15.5. The summed E-state index contributed by atoms with van der Waals surface area (Å²) in [6, 6.07) is 10.0. The summed E-state index contributed by atoms with van der Waals surface area (Å²) in [4.78, 5) is 27.0. The van der Waals surface area contributed by atoms with Crippen molar-refractivity contribution < 1.29 is 13.9 Å². The molecule has 2 aromatic carbocycles. The molecule has 0 spiro atoms. The monoisotopic (exact) mass is 459 g/mol. The quantitative estimate of drug-likeness (QED) is 0.518. The van der Waals surface area contributed by atoms with Gasteiger partial charge in [-0.25, -0.2) is 17.7 Å². The van der Waals surface area contributed by atoms with E-state index in [0.717, 1.165) is 60.1 Å². The molecule has 2 heterocycles. The third-order valence-corrected chi connectivity index (χ3v) is 6.65. The number of aromatic nitrogens is 2. The fraction of sp³-hybridized carbons (Fsp3) is 0.391. The zero-order chi connectivity index (χ0) is 22.7. The predicted octanol–water partition coefficient (Wildman–Crippen LogP) is 2.72. The fourth-order valence-electron chi connectivity index (χ4n) is 4.06. The Morgan fingerprint density at radius 3 is 2.50 bits per heavy atom. The van der Waals surface area contributed by atoms with Crippen LogP contribution in [0.1, 0.15) is 23.1 Å². The molecular weight excluding hydrogens is 433 g/mol. The van der Waals surface area contributed by atoms with E-state index in [1.54, 1.807) is 26.4 Å². The van der Waals surface area contributed by atoms with Gasteiger partial charge in [-0.15, -0.1) is 0 Å². The van der Waals surface area contributed by atoms with Gasteiger partial charge < -0.3 is 9.47 Å². The topological polar surface area (TPSA) is 65.7 Å². The summed E-state index contributed by atoms with van der Waals surface area (Å²) in [6.07, 6.45) is 1.68. The van der Waals surface area contributed by atoms with Crippen molar-refractivity contribution in [3.05, 3.63) is 79.1 Å². The zero-order valence-electron chi connectivity index (χ0n) is 18.2. The smallest absolute Gasteiger partial charge is 0.341 e. The first-order valence-electron chi connectivity index (χ1n) is 10.5. The lowest BCUT2D eigenvalue weighted by Crippen LogP contribution is -2.33. The molecule has 0 fully saturated rings. The normalized spacial score (nSPS) is 13.7. The summed E-state index contributed by atoms with van der Waals surface area (Å²) in [5.41, 5.74) is 2.73. The maximum absolute atomic E-state index is 13.4. The highest BCUT2D eigenvalue weighted by Gasteiger charge is 2.19. The van der Waals surface area contributed by atoms with Gasteiger partial charge in [-0.2, -0.15) is 0 Å². The molecule has 0 aliphatic carbocycles. The molecule has 0 amide bonds. The van der Waals surface area contributed by atoms with Crippen LogP contribution in [0.25, 0.3) is 0 Å². The van der Waals surface area contributed by atoms with Gasteiger partial charge >= 0.3 is 10.6 Å². The molecule has 1 aliphatic rings. The number of halogens is 1. The Morgan fingerprint density at radius 2 is 1.78 bits per heavy atom. The van der Waals surface area contributed by atoms with E-state index in [9.17, 15) is 14.0 Å². The molecule has 170 valence electrons. The van der Waals surface area contributed by atoms with E-state index in [1.807, 2.05) is 12.1 Å². The Balaban J connectivity index is 1.37. The van der Waals surface area contributed by atoms with Gasteiger partial charge in [0, 0.05) is 37.7 Å². The van der Waals surface area contributed by atoms with E-state index in [2.05, 4.69) is 4.90 Å². The van der Waals surface area contributed by atoms with Gasteiger partial charge in [-0.1, -0.05) is 12.1 Å². The van der Waals surface area contributed by atoms with Crippen LogP contribution in [0.2, 0.25) is 0 Å². The van der Waals surface area contributed by atoms with E-state index in [-0.39, 0.29) is 22.9 Å². The van der Waals surface area contributed by atoms with Gasteiger partial charge in [0.1, 0.15) is 5.82 Å². The first kappa shape index (κ1) is 22.3. The van der Waals surface area contributed by atoms with E-state index >= 15 is 0 Å². The van der Waals surface area contributed by atoms with Crippen molar-refractivity contribution in [1.82, 2.24) is 13.4 Å². The number of hydrogen-bond donors (Lipinski definition) is 0. The highest BCUT2D eigenvalue weighted by atomic mass is 32.1. The zero-order valence-corrected chi connectivity index (χ0v) is 19.0. The van der Waals surface area contributed by atoms with E-state index < -0.39 is 0 Å². The highest BCUT2D eigenvalue weighted by Crippen LogP contribution is 2.33. The number of hydrogen-bond acceptors (Lipinski definition) is 6. The number of rotatable bonds is 8. The van der Waals surface area contributed by atoms with Crippen LogP contribution >= 0.6 is 11.5 Å². The van der Waals surface area contributed by atoms with Gasteiger partial charge in [-0.05, 0) is 53.8 Å². The van der Waals surface area contributed by atoms with Gasteiger partial charge in [0.25, 0.3) is 0 Å². The van der Waals surface area contributed by atoms with E-state index in [1.165, 1.54) is 27.2 Å². The maximum atomic E-state index is 13.4. The molecule has 9 heteroatoms. The van der Waals surface area contributed by atoms with Crippen LogP contribution in [0.5, 0.6) is 11.5 Å². The Bertz CT molecular complexity index is 1220. The summed E-state index contributed by atoms with van der Waals surface area (Å²) in [5.74, 6) is 1.09. The third kappa shape index (κ3) is 4.78. The third-order valence-electron chi connectivity index (χ3n) is 5.72. The van der Waals surface area contributed by atoms with Crippen molar-refractivity contribution in [2.45, 2.75) is 32.5 Å². The van der Waals surface area contributed by atoms with Crippen LogP contribution in [0.4, 0.5) is 4.39 Å². The molecule has 7 nitrogen and oxygen atoms in total. The largest absolute Gasteiger partial charge is 0.493 e. The summed E-state index contributed by atoms with van der Waals surface area (Å²) >= 11 is 0.918. The maximum Gasteiger partial charge on any atom is 0.341 e. The van der Waals surface area contributed by atoms with Crippen LogP contribution in [0, 0.1) is 5.82 Å². The molecule has 32 heavy (non-hydrogen) atoms.